The Balaban J connectivity index is 1.20. The summed E-state index contributed by atoms with van der Waals surface area (Å²) in [5.74, 6) is 1.20. The summed E-state index contributed by atoms with van der Waals surface area (Å²) in [5.41, 5.74) is 4.53. The van der Waals surface area contributed by atoms with Gasteiger partial charge in [0.15, 0.2) is 11.5 Å². The first kappa shape index (κ1) is 21.9. The van der Waals surface area contributed by atoms with Crippen LogP contribution in [0.15, 0.2) is 66.9 Å². The van der Waals surface area contributed by atoms with Crippen molar-refractivity contribution in [2.24, 2.45) is 0 Å². The van der Waals surface area contributed by atoms with Crippen LogP contribution in [0.3, 0.4) is 0 Å². The molecule has 10 heteroatoms. The van der Waals surface area contributed by atoms with Gasteiger partial charge in [-0.15, -0.1) is 0 Å². The number of benzene rings is 3. The Morgan fingerprint density at radius 1 is 0.972 bits per heavy atom. The van der Waals surface area contributed by atoms with Crippen LogP contribution in [0, 0.1) is 0 Å². The van der Waals surface area contributed by atoms with Gasteiger partial charge in [-0.05, 0) is 54.6 Å². The highest BCUT2D eigenvalue weighted by Gasteiger charge is 2.21. The minimum Gasteiger partial charge on any atom is -0.454 e. The molecule has 0 spiro atoms. The smallest absolute Gasteiger partial charge is 0.255 e. The van der Waals surface area contributed by atoms with E-state index >= 15 is 0 Å². The molecule has 2 amide bonds. The monoisotopic (exact) mass is 499 g/mol. The summed E-state index contributed by atoms with van der Waals surface area (Å²) < 4.78 is 10.6. The van der Waals surface area contributed by atoms with E-state index in [1.807, 2.05) is 6.07 Å². The number of carbonyl (C=O) groups is 2. The molecule has 3 aromatic carbocycles. The maximum absolute atomic E-state index is 12.7. The molecule has 6 rings (SSSR count). The van der Waals surface area contributed by atoms with Crippen molar-refractivity contribution in [2.45, 2.75) is 6.42 Å². The van der Waals surface area contributed by atoms with E-state index in [1.165, 1.54) is 0 Å². The minimum atomic E-state index is -0.255. The summed E-state index contributed by atoms with van der Waals surface area (Å²) in [5, 5.41) is 9.39. The molecular weight excluding hydrogens is 482 g/mol. The zero-order valence-electron chi connectivity index (χ0n) is 18.7. The molecule has 178 valence electrons. The van der Waals surface area contributed by atoms with E-state index in [4.69, 9.17) is 21.1 Å². The number of rotatable bonds is 4. The van der Waals surface area contributed by atoms with Crippen molar-refractivity contribution < 1.29 is 19.1 Å². The van der Waals surface area contributed by atoms with Crippen LogP contribution in [0.25, 0.3) is 11.3 Å². The molecule has 1 aromatic heterocycles. The molecule has 0 radical (unpaired) electrons. The molecule has 0 bridgehead atoms. The SMILES string of the molecule is O=C1Cc2cnc(Nc3ccc(C(=O)Nc4ccc5c(c4)OCO5)cc3)nc2-c2ccc(Cl)cc2N1. The van der Waals surface area contributed by atoms with Crippen molar-refractivity contribution in [3.05, 3.63) is 83.0 Å². The predicted octanol–water partition coefficient (Wildman–Crippen LogP) is 5.02. The number of hydrogen-bond acceptors (Lipinski definition) is 7. The Bertz CT molecular complexity index is 1520. The van der Waals surface area contributed by atoms with E-state index < -0.39 is 0 Å². The Labute approximate surface area is 210 Å². The topological polar surface area (TPSA) is 114 Å². The number of ether oxygens (including phenoxy) is 2. The van der Waals surface area contributed by atoms with Crippen LogP contribution in [0.4, 0.5) is 23.0 Å². The molecule has 0 saturated heterocycles. The quantitative estimate of drug-likeness (QED) is 0.361. The van der Waals surface area contributed by atoms with Gasteiger partial charge in [0, 0.05) is 45.4 Å². The van der Waals surface area contributed by atoms with Crippen LogP contribution in [0.2, 0.25) is 5.02 Å². The fourth-order valence-electron chi connectivity index (χ4n) is 4.03. The first-order valence-corrected chi connectivity index (χ1v) is 11.4. The second-order valence-electron chi connectivity index (χ2n) is 8.21. The molecule has 0 aliphatic carbocycles. The molecule has 3 heterocycles. The summed E-state index contributed by atoms with van der Waals surface area (Å²) in [4.78, 5) is 34.0. The fraction of sp³-hybridized carbons (Fsp3) is 0.0769. The second-order valence-corrected chi connectivity index (χ2v) is 8.64. The summed E-state index contributed by atoms with van der Waals surface area (Å²) >= 11 is 6.11. The van der Waals surface area contributed by atoms with Gasteiger partial charge in [-0.1, -0.05) is 11.6 Å². The summed E-state index contributed by atoms with van der Waals surface area (Å²) in [6.07, 6.45) is 1.80. The Morgan fingerprint density at radius 3 is 2.64 bits per heavy atom. The van der Waals surface area contributed by atoms with E-state index in [1.54, 1.807) is 60.8 Å². The zero-order valence-corrected chi connectivity index (χ0v) is 19.4. The molecule has 0 unspecified atom stereocenters. The van der Waals surface area contributed by atoms with Crippen LogP contribution in [-0.4, -0.2) is 28.6 Å². The van der Waals surface area contributed by atoms with E-state index in [9.17, 15) is 9.59 Å². The molecule has 0 atom stereocenters. The van der Waals surface area contributed by atoms with Crippen molar-refractivity contribution in [2.75, 3.05) is 22.7 Å². The maximum atomic E-state index is 12.7. The average Bonchev–Trinajstić information content (AvgIpc) is 3.28. The third-order valence-corrected chi connectivity index (χ3v) is 6.00. The number of fused-ring (bicyclic) bond motifs is 4. The fourth-order valence-corrected chi connectivity index (χ4v) is 4.21. The molecule has 2 aliphatic rings. The van der Waals surface area contributed by atoms with Gasteiger partial charge < -0.3 is 25.4 Å². The summed E-state index contributed by atoms with van der Waals surface area (Å²) in [6.45, 7) is 0.172. The number of anilines is 4. The van der Waals surface area contributed by atoms with Crippen LogP contribution in [-0.2, 0) is 11.2 Å². The Hall–Kier alpha value is -4.63. The van der Waals surface area contributed by atoms with Gasteiger partial charge in [-0.25, -0.2) is 9.97 Å². The minimum absolute atomic E-state index is 0.156. The third kappa shape index (κ3) is 4.27. The van der Waals surface area contributed by atoms with Gasteiger partial charge in [0.05, 0.1) is 17.8 Å². The van der Waals surface area contributed by atoms with Crippen molar-refractivity contribution in [3.8, 4) is 22.8 Å². The average molecular weight is 500 g/mol. The first-order valence-electron chi connectivity index (χ1n) is 11.1. The van der Waals surface area contributed by atoms with Crippen molar-refractivity contribution in [1.82, 2.24) is 9.97 Å². The number of nitrogens with zero attached hydrogens (tertiary/aromatic N) is 2. The van der Waals surface area contributed by atoms with Gasteiger partial charge in [0.25, 0.3) is 5.91 Å². The number of nitrogens with one attached hydrogen (secondary N) is 3. The summed E-state index contributed by atoms with van der Waals surface area (Å²) in [6, 6.07) is 17.5. The lowest BCUT2D eigenvalue weighted by Crippen LogP contribution is -2.12. The molecule has 36 heavy (non-hydrogen) atoms. The highest BCUT2D eigenvalue weighted by molar-refractivity contribution is 6.31. The lowest BCUT2D eigenvalue weighted by Gasteiger charge is -2.11. The van der Waals surface area contributed by atoms with E-state index in [-0.39, 0.29) is 25.0 Å². The molecular formula is C26H18ClN5O4. The number of aromatic nitrogens is 2. The standard InChI is InChI=1S/C26H18ClN5O4/c27-16-3-7-19-20(10-16)31-23(33)9-15-12-28-26(32-24(15)19)30-17-4-1-14(2-5-17)25(34)29-18-6-8-21-22(11-18)36-13-35-21/h1-8,10-12H,9,13H2,(H,29,34)(H,31,33)(H,28,30,32). The third-order valence-electron chi connectivity index (χ3n) is 5.76. The van der Waals surface area contributed by atoms with Gasteiger partial charge >= 0.3 is 0 Å². The molecule has 9 nitrogen and oxygen atoms in total. The van der Waals surface area contributed by atoms with Crippen molar-refractivity contribution in [1.29, 1.82) is 0 Å². The highest BCUT2D eigenvalue weighted by atomic mass is 35.5. The van der Waals surface area contributed by atoms with E-state index in [2.05, 4.69) is 25.9 Å². The second kappa shape index (κ2) is 8.86. The molecule has 2 aliphatic heterocycles. The predicted molar refractivity (Wildman–Crippen MR) is 135 cm³/mol. The van der Waals surface area contributed by atoms with Crippen LogP contribution in [0.1, 0.15) is 15.9 Å². The van der Waals surface area contributed by atoms with Gasteiger partial charge in [0.2, 0.25) is 18.6 Å². The normalized spacial score (nSPS) is 13.2. The van der Waals surface area contributed by atoms with Crippen LogP contribution in [0.5, 0.6) is 11.5 Å². The molecule has 0 saturated carbocycles. The molecule has 3 N–H and O–H groups in total. The van der Waals surface area contributed by atoms with Crippen molar-refractivity contribution >= 4 is 46.4 Å². The lowest BCUT2D eigenvalue weighted by atomic mass is 10.1. The Kier molecular flexibility index (Phi) is 5.38. The number of hydrogen-bond donors (Lipinski definition) is 3. The summed E-state index contributed by atoms with van der Waals surface area (Å²) in [7, 11) is 0. The number of halogens is 1. The number of carbonyl (C=O) groups excluding carboxylic acids is 2. The van der Waals surface area contributed by atoms with E-state index in [0.717, 1.165) is 11.1 Å². The van der Waals surface area contributed by atoms with E-state index in [0.29, 0.717) is 50.8 Å². The molecule has 4 aromatic rings. The van der Waals surface area contributed by atoms with Gasteiger partial charge in [-0.2, -0.15) is 0 Å². The maximum Gasteiger partial charge on any atom is 0.255 e. The Morgan fingerprint density at radius 2 is 1.78 bits per heavy atom. The zero-order chi connectivity index (χ0) is 24.6. The van der Waals surface area contributed by atoms with Crippen LogP contribution >= 0.6 is 11.6 Å². The van der Waals surface area contributed by atoms with Gasteiger partial charge in [-0.3, -0.25) is 9.59 Å². The van der Waals surface area contributed by atoms with Gasteiger partial charge in [0.1, 0.15) is 0 Å². The highest BCUT2D eigenvalue weighted by Crippen LogP contribution is 2.36. The molecule has 0 fully saturated rings. The van der Waals surface area contributed by atoms with Crippen molar-refractivity contribution in [3.63, 3.8) is 0 Å². The first-order chi connectivity index (χ1) is 17.5. The lowest BCUT2D eigenvalue weighted by molar-refractivity contribution is -0.115. The number of amides is 2. The largest absolute Gasteiger partial charge is 0.454 e. The van der Waals surface area contributed by atoms with Crippen LogP contribution < -0.4 is 25.4 Å².